The largest absolute Gasteiger partial charge is 0.436 e. The maximum atomic E-state index is 5.91. The Kier molecular flexibility index (Phi) is 2.78. The molecule has 18 heavy (non-hydrogen) atoms. The van der Waals surface area contributed by atoms with Crippen LogP contribution in [0.1, 0.15) is 0 Å². The van der Waals surface area contributed by atoms with Crippen LogP contribution in [0.4, 0.5) is 0 Å². The Morgan fingerprint density at radius 1 is 0.889 bits per heavy atom. The Bertz CT molecular complexity index is 697. The second-order valence-corrected chi connectivity index (χ2v) is 3.94. The van der Waals surface area contributed by atoms with Crippen LogP contribution in [0.5, 0.6) is 11.6 Å². The molecule has 88 valence electrons. The number of ether oxygens (including phenoxy) is 1. The molecule has 0 aliphatic carbocycles. The van der Waals surface area contributed by atoms with E-state index in [1.807, 2.05) is 30.3 Å². The standard InChI is InChI=1S/C13H8ClN3O/c14-12-13(17-8-7-16-12)18-11-5-1-4-10-9(11)3-2-6-15-10/h1-8H. The van der Waals surface area contributed by atoms with Crippen molar-refractivity contribution in [3.63, 3.8) is 0 Å². The van der Waals surface area contributed by atoms with Crippen LogP contribution in [0.3, 0.4) is 0 Å². The van der Waals surface area contributed by atoms with Crippen molar-refractivity contribution in [3.05, 3.63) is 54.1 Å². The van der Waals surface area contributed by atoms with Crippen molar-refractivity contribution >= 4 is 22.5 Å². The first-order chi connectivity index (χ1) is 8.84. The molecule has 0 amide bonds. The molecule has 0 fully saturated rings. The molecular weight excluding hydrogens is 250 g/mol. The third-order valence-corrected chi connectivity index (χ3v) is 2.69. The van der Waals surface area contributed by atoms with Gasteiger partial charge in [0, 0.05) is 24.0 Å². The number of fused-ring (bicyclic) bond motifs is 1. The van der Waals surface area contributed by atoms with Crippen LogP contribution in [-0.2, 0) is 0 Å². The van der Waals surface area contributed by atoms with Gasteiger partial charge in [0.05, 0.1) is 5.52 Å². The van der Waals surface area contributed by atoms with Crippen LogP contribution >= 0.6 is 11.6 Å². The SMILES string of the molecule is Clc1nccnc1Oc1cccc2ncccc12. The molecule has 0 unspecified atom stereocenters. The normalized spacial score (nSPS) is 10.5. The van der Waals surface area contributed by atoms with Crippen molar-refractivity contribution in [3.8, 4) is 11.6 Å². The molecule has 0 aliphatic heterocycles. The number of rotatable bonds is 2. The summed E-state index contributed by atoms with van der Waals surface area (Å²) in [6.45, 7) is 0. The van der Waals surface area contributed by atoms with Crippen molar-refractivity contribution in [2.75, 3.05) is 0 Å². The summed E-state index contributed by atoms with van der Waals surface area (Å²) in [7, 11) is 0. The summed E-state index contributed by atoms with van der Waals surface area (Å²) in [6, 6.07) is 9.42. The molecule has 0 N–H and O–H groups in total. The average molecular weight is 258 g/mol. The van der Waals surface area contributed by atoms with E-state index < -0.39 is 0 Å². The molecule has 4 nitrogen and oxygen atoms in total. The summed E-state index contributed by atoms with van der Waals surface area (Å²) < 4.78 is 5.68. The molecule has 0 saturated heterocycles. The van der Waals surface area contributed by atoms with E-state index in [0.29, 0.717) is 5.75 Å². The van der Waals surface area contributed by atoms with Crippen molar-refractivity contribution in [2.45, 2.75) is 0 Å². The fraction of sp³-hybridized carbons (Fsp3) is 0. The van der Waals surface area contributed by atoms with Crippen LogP contribution in [-0.4, -0.2) is 15.0 Å². The van der Waals surface area contributed by atoms with Gasteiger partial charge >= 0.3 is 0 Å². The molecule has 0 spiro atoms. The number of nitrogens with zero attached hydrogens (tertiary/aromatic N) is 3. The maximum absolute atomic E-state index is 5.91. The van der Waals surface area contributed by atoms with Crippen LogP contribution in [0.2, 0.25) is 5.15 Å². The molecule has 0 bridgehead atoms. The Morgan fingerprint density at radius 3 is 2.67 bits per heavy atom. The van der Waals surface area contributed by atoms with Crippen molar-refractivity contribution in [1.82, 2.24) is 15.0 Å². The molecule has 0 radical (unpaired) electrons. The first kappa shape index (κ1) is 10.9. The smallest absolute Gasteiger partial charge is 0.257 e. The number of benzene rings is 1. The highest BCUT2D eigenvalue weighted by Gasteiger charge is 2.08. The molecule has 5 heteroatoms. The highest BCUT2D eigenvalue weighted by molar-refractivity contribution is 6.30. The number of pyridine rings is 1. The minimum atomic E-state index is 0.235. The van der Waals surface area contributed by atoms with E-state index in [-0.39, 0.29) is 11.0 Å². The summed E-state index contributed by atoms with van der Waals surface area (Å²) >= 11 is 5.91. The summed E-state index contributed by atoms with van der Waals surface area (Å²) in [4.78, 5) is 12.2. The molecule has 2 heterocycles. The second kappa shape index (κ2) is 4.58. The summed E-state index contributed by atoms with van der Waals surface area (Å²) in [5.74, 6) is 0.943. The third-order valence-electron chi connectivity index (χ3n) is 2.44. The average Bonchev–Trinajstić information content (AvgIpc) is 2.42. The minimum absolute atomic E-state index is 0.235. The summed E-state index contributed by atoms with van der Waals surface area (Å²) in [5, 5.41) is 1.14. The van der Waals surface area contributed by atoms with Gasteiger partial charge in [0.15, 0.2) is 5.15 Å². The van der Waals surface area contributed by atoms with Gasteiger partial charge in [0.1, 0.15) is 5.75 Å². The highest BCUT2D eigenvalue weighted by atomic mass is 35.5. The summed E-state index contributed by atoms with van der Waals surface area (Å²) in [5.41, 5.74) is 0.856. The lowest BCUT2D eigenvalue weighted by Gasteiger charge is -2.07. The molecule has 0 aliphatic rings. The third kappa shape index (κ3) is 1.98. The molecule has 0 saturated carbocycles. The first-order valence-electron chi connectivity index (χ1n) is 5.33. The fourth-order valence-electron chi connectivity index (χ4n) is 1.65. The molecule has 3 aromatic rings. The zero-order valence-electron chi connectivity index (χ0n) is 9.25. The topological polar surface area (TPSA) is 47.9 Å². The maximum Gasteiger partial charge on any atom is 0.257 e. The van der Waals surface area contributed by atoms with Gasteiger partial charge in [0.2, 0.25) is 0 Å². The second-order valence-electron chi connectivity index (χ2n) is 3.58. The van der Waals surface area contributed by atoms with Gasteiger partial charge in [-0.25, -0.2) is 9.97 Å². The number of hydrogen-bond acceptors (Lipinski definition) is 4. The molecule has 3 rings (SSSR count). The van der Waals surface area contributed by atoms with Gasteiger partial charge in [0.25, 0.3) is 5.88 Å². The van der Waals surface area contributed by atoms with Gasteiger partial charge in [-0.3, -0.25) is 4.98 Å². The Hall–Kier alpha value is -2.20. The zero-order chi connectivity index (χ0) is 12.4. The predicted octanol–water partition coefficient (Wildman–Crippen LogP) is 3.47. The zero-order valence-corrected chi connectivity index (χ0v) is 10.0. The number of aromatic nitrogens is 3. The number of halogens is 1. The van der Waals surface area contributed by atoms with Gasteiger partial charge in [-0.2, -0.15) is 0 Å². The van der Waals surface area contributed by atoms with E-state index >= 15 is 0 Å². The van der Waals surface area contributed by atoms with Crippen LogP contribution in [0, 0.1) is 0 Å². The van der Waals surface area contributed by atoms with Crippen molar-refractivity contribution < 1.29 is 4.74 Å². The Balaban J connectivity index is 2.08. The molecular formula is C13H8ClN3O. The lowest BCUT2D eigenvalue weighted by molar-refractivity contribution is 0.465. The molecule has 1 aromatic carbocycles. The van der Waals surface area contributed by atoms with Gasteiger partial charge < -0.3 is 4.74 Å². The van der Waals surface area contributed by atoms with E-state index in [1.165, 1.54) is 12.4 Å². The lowest BCUT2D eigenvalue weighted by atomic mass is 10.2. The van der Waals surface area contributed by atoms with Crippen molar-refractivity contribution in [1.29, 1.82) is 0 Å². The fourth-order valence-corrected chi connectivity index (χ4v) is 1.79. The minimum Gasteiger partial charge on any atom is -0.436 e. The van der Waals surface area contributed by atoms with Crippen LogP contribution < -0.4 is 4.74 Å². The monoisotopic (exact) mass is 257 g/mol. The highest BCUT2D eigenvalue weighted by Crippen LogP contribution is 2.30. The van der Waals surface area contributed by atoms with E-state index in [4.69, 9.17) is 16.3 Å². The van der Waals surface area contributed by atoms with E-state index in [0.717, 1.165) is 10.9 Å². The Labute approximate surface area is 108 Å². The van der Waals surface area contributed by atoms with Crippen LogP contribution in [0.25, 0.3) is 10.9 Å². The van der Waals surface area contributed by atoms with E-state index in [2.05, 4.69) is 15.0 Å². The van der Waals surface area contributed by atoms with Crippen molar-refractivity contribution in [2.24, 2.45) is 0 Å². The van der Waals surface area contributed by atoms with Gasteiger partial charge in [-0.15, -0.1) is 0 Å². The van der Waals surface area contributed by atoms with E-state index in [1.54, 1.807) is 6.20 Å². The Morgan fingerprint density at radius 2 is 1.78 bits per heavy atom. The van der Waals surface area contributed by atoms with Crippen LogP contribution in [0.15, 0.2) is 48.9 Å². The predicted molar refractivity (Wildman–Crippen MR) is 68.9 cm³/mol. The molecule has 2 aromatic heterocycles. The first-order valence-corrected chi connectivity index (χ1v) is 5.70. The lowest BCUT2D eigenvalue weighted by Crippen LogP contribution is -1.91. The number of hydrogen-bond donors (Lipinski definition) is 0. The quantitative estimate of drug-likeness (QED) is 0.705. The van der Waals surface area contributed by atoms with E-state index in [9.17, 15) is 0 Å². The molecule has 0 atom stereocenters. The van der Waals surface area contributed by atoms with Gasteiger partial charge in [-0.05, 0) is 24.3 Å². The van der Waals surface area contributed by atoms with Gasteiger partial charge in [-0.1, -0.05) is 17.7 Å². The summed E-state index contributed by atoms with van der Waals surface area (Å²) in [6.07, 6.45) is 4.78.